The molecule has 0 aliphatic carbocycles. The molecule has 2 heterocycles. The molecule has 2 aliphatic rings. The van der Waals surface area contributed by atoms with Gasteiger partial charge in [0.1, 0.15) is 5.70 Å². The number of hydrogen-bond donors (Lipinski definition) is 1. The zero-order chi connectivity index (χ0) is 22.8. The normalized spacial score (nSPS) is 21.3. The number of benzene rings is 2. The van der Waals surface area contributed by atoms with E-state index in [1.165, 1.54) is 11.8 Å². The molecule has 0 radical (unpaired) electrons. The molecule has 2 aromatic carbocycles. The molecule has 0 saturated carbocycles. The first kappa shape index (κ1) is 21.8. The van der Waals surface area contributed by atoms with Gasteiger partial charge in [-0.25, -0.2) is 0 Å². The molecule has 2 atom stereocenters. The lowest BCUT2D eigenvalue weighted by atomic mass is 10.0. The van der Waals surface area contributed by atoms with E-state index >= 15 is 0 Å². The first-order chi connectivity index (χ1) is 15.3. The van der Waals surface area contributed by atoms with Crippen LogP contribution in [-0.4, -0.2) is 52.8 Å². The minimum Gasteiger partial charge on any atom is -0.372 e. The van der Waals surface area contributed by atoms with Crippen LogP contribution < -0.4 is 5.32 Å². The van der Waals surface area contributed by atoms with Gasteiger partial charge < -0.3 is 15.0 Å². The Morgan fingerprint density at radius 1 is 0.969 bits per heavy atom. The largest absolute Gasteiger partial charge is 0.372 e. The Bertz CT molecular complexity index is 1050. The molecule has 1 N–H and O–H groups in total. The molecule has 166 valence electrons. The fourth-order valence-electron chi connectivity index (χ4n) is 4.31. The molecule has 7 heteroatoms. The van der Waals surface area contributed by atoms with Crippen LogP contribution in [0.15, 0.2) is 60.3 Å². The number of rotatable bonds is 5. The molecule has 7 nitrogen and oxygen atoms in total. The third kappa shape index (κ3) is 4.43. The Hall–Kier alpha value is -3.45. The summed E-state index contributed by atoms with van der Waals surface area (Å²) in [4.78, 5) is 41.7. The van der Waals surface area contributed by atoms with Crippen molar-refractivity contribution in [1.29, 1.82) is 0 Å². The Labute approximate surface area is 187 Å². The SMILES string of the molecule is CC(=O)Nc1ccc(C2=C(N3CC(C)OC(C)C3)C(=O)N(Cc3ccccc3)C2=O)cc1. The maximum absolute atomic E-state index is 13.5. The van der Waals surface area contributed by atoms with E-state index in [1.807, 2.05) is 49.1 Å². The molecule has 4 rings (SSSR count). The van der Waals surface area contributed by atoms with E-state index in [0.717, 1.165) is 5.56 Å². The number of hydrogen-bond acceptors (Lipinski definition) is 5. The summed E-state index contributed by atoms with van der Waals surface area (Å²) in [5.41, 5.74) is 2.98. The zero-order valence-corrected chi connectivity index (χ0v) is 18.5. The molecule has 2 unspecified atom stereocenters. The molecular weight excluding hydrogens is 406 g/mol. The fraction of sp³-hybridized carbons (Fsp3) is 0.320. The van der Waals surface area contributed by atoms with Gasteiger partial charge in [0, 0.05) is 25.7 Å². The van der Waals surface area contributed by atoms with Crippen LogP contribution in [0.1, 0.15) is 31.9 Å². The van der Waals surface area contributed by atoms with Gasteiger partial charge in [0.15, 0.2) is 0 Å². The third-order valence-electron chi connectivity index (χ3n) is 5.56. The zero-order valence-electron chi connectivity index (χ0n) is 18.5. The Balaban J connectivity index is 1.73. The van der Waals surface area contributed by atoms with Crippen LogP contribution in [0.4, 0.5) is 5.69 Å². The van der Waals surface area contributed by atoms with Crippen molar-refractivity contribution in [3.63, 3.8) is 0 Å². The number of carbonyl (C=O) groups is 3. The molecule has 2 aliphatic heterocycles. The lowest BCUT2D eigenvalue weighted by Crippen LogP contribution is -2.46. The number of amides is 3. The highest BCUT2D eigenvalue weighted by Gasteiger charge is 2.43. The lowest BCUT2D eigenvalue weighted by molar-refractivity contribution is -0.139. The van der Waals surface area contributed by atoms with Gasteiger partial charge in [-0.1, -0.05) is 42.5 Å². The Kier molecular flexibility index (Phi) is 6.10. The van der Waals surface area contributed by atoms with E-state index < -0.39 is 0 Å². The van der Waals surface area contributed by atoms with E-state index in [-0.39, 0.29) is 36.5 Å². The van der Waals surface area contributed by atoms with Crippen molar-refractivity contribution in [3.05, 3.63) is 71.4 Å². The van der Waals surface area contributed by atoms with E-state index in [9.17, 15) is 14.4 Å². The molecule has 1 saturated heterocycles. The van der Waals surface area contributed by atoms with Gasteiger partial charge in [0.25, 0.3) is 11.8 Å². The Morgan fingerprint density at radius 2 is 1.59 bits per heavy atom. The van der Waals surface area contributed by atoms with E-state index in [2.05, 4.69) is 5.32 Å². The van der Waals surface area contributed by atoms with Gasteiger partial charge in [0.05, 0.1) is 24.3 Å². The molecule has 0 spiro atoms. The van der Waals surface area contributed by atoms with E-state index in [1.54, 1.807) is 24.3 Å². The van der Waals surface area contributed by atoms with Gasteiger partial charge in [-0.15, -0.1) is 0 Å². The minimum absolute atomic E-state index is 0.0549. The van der Waals surface area contributed by atoms with Crippen LogP contribution >= 0.6 is 0 Å². The molecular formula is C25H27N3O4. The van der Waals surface area contributed by atoms with Crippen molar-refractivity contribution in [3.8, 4) is 0 Å². The van der Waals surface area contributed by atoms with Gasteiger partial charge in [-0.3, -0.25) is 19.3 Å². The van der Waals surface area contributed by atoms with E-state index in [0.29, 0.717) is 35.6 Å². The molecule has 3 amide bonds. The number of imide groups is 1. The van der Waals surface area contributed by atoms with Gasteiger partial charge >= 0.3 is 0 Å². The van der Waals surface area contributed by atoms with Crippen molar-refractivity contribution >= 4 is 29.0 Å². The fourth-order valence-corrected chi connectivity index (χ4v) is 4.31. The summed E-state index contributed by atoms with van der Waals surface area (Å²) < 4.78 is 5.84. The maximum atomic E-state index is 13.5. The summed E-state index contributed by atoms with van der Waals surface area (Å²) in [6, 6.07) is 16.5. The summed E-state index contributed by atoms with van der Waals surface area (Å²) in [5.74, 6) is -0.774. The minimum atomic E-state index is -0.312. The number of nitrogens with one attached hydrogen (secondary N) is 1. The highest BCUT2D eigenvalue weighted by atomic mass is 16.5. The van der Waals surface area contributed by atoms with Crippen LogP contribution in [0, 0.1) is 0 Å². The first-order valence-electron chi connectivity index (χ1n) is 10.8. The quantitative estimate of drug-likeness (QED) is 0.734. The summed E-state index contributed by atoms with van der Waals surface area (Å²) in [7, 11) is 0. The molecule has 32 heavy (non-hydrogen) atoms. The maximum Gasteiger partial charge on any atom is 0.278 e. The molecule has 0 bridgehead atoms. The predicted molar refractivity (Wildman–Crippen MR) is 121 cm³/mol. The van der Waals surface area contributed by atoms with Crippen molar-refractivity contribution < 1.29 is 19.1 Å². The van der Waals surface area contributed by atoms with Crippen molar-refractivity contribution in [1.82, 2.24) is 9.80 Å². The highest BCUT2D eigenvalue weighted by Crippen LogP contribution is 2.34. The summed E-state index contributed by atoms with van der Waals surface area (Å²) in [6.45, 7) is 6.65. The second-order valence-electron chi connectivity index (χ2n) is 8.33. The highest BCUT2D eigenvalue weighted by molar-refractivity contribution is 6.35. The predicted octanol–water partition coefficient (Wildman–Crippen LogP) is 3.03. The third-order valence-corrected chi connectivity index (χ3v) is 5.56. The number of nitrogens with zero attached hydrogens (tertiary/aromatic N) is 2. The van der Waals surface area contributed by atoms with Gasteiger partial charge in [-0.05, 0) is 37.1 Å². The first-order valence-corrected chi connectivity index (χ1v) is 10.8. The number of anilines is 1. The van der Waals surface area contributed by atoms with Crippen molar-refractivity contribution in [2.45, 2.75) is 39.5 Å². The molecule has 1 fully saturated rings. The molecule has 0 aromatic heterocycles. The standard InChI is InChI=1S/C25H27N3O4/c1-16-13-27(14-17(2)32-16)23-22(20-9-11-21(12-10-20)26-18(3)29)24(30)28(25(23)31)15-19-7-5-4-6-8-19/h4-12,16-17H,13-15H2,1-3H3,(H,26,29). The smallest absolute Gasteiger partial charge is 0.278 e. The average Bonchev–Trinajstić information content (AvgIpc) is 2.99. The lowest BCUT2D eigenvalue weighted by Gasteiger charge is -2.37. The monoisotopic (exact) mass is 433 g/mol. The van der Waals surface area contributed by atoms with Crippen LogP contribution in [0.25, 0.3) is 5.57 Å². The number of carbonyl (C=O) groups excluding carboxylic acids is 3. The topological polar surface area (TPSA) is 79.0 Å². The number of ether oxygens (including phenoxy) is 1. The average molecular weight is 434 g/mol. The second kappa shape index (κ2) is 8.96. The Morgan fingerprint density at radius 3 is 2.19 bits per heavy atom. The summed E-state index contributed by atoms with van der Waals surface area (Å²) in [5, 5.41) is 2.73. The summed E-state index contributed by atoms with van der Waals surface area (Å²) in [6.07, 6.45) is -0.110. The van der Waals surface area contributed by atoms with Crippen LogP contribution in [-0.2, 0) is 25.7 Å². The van der Waals surface area contributed by atoms with Crippen LogP contribution in [0.5, 0.6) is 0 Å². The number of morpholine rings is 1. The van der Waals surface area contributed by atoms with Gasteiger partial charge in [-0.2, -0.15) is 0 Å². The summed E-state index contributed by atoms with van der Waals surface area (Å²) >= 11 is 0. The second-order valence-corrected chi connectivity index (χ2v) is 8.33. The van der Waals surface area contributed by atoms with E-state index in [4.69, 9.17) is 4.74 Å². The van der Waals surface area contributed by atoms with Crippen molar-refractivity contribution in [2.24, 2.45) is 0 Å². The van der Waals surface area contributed by atoms with Crippen LogP contribution in [0.2, 0.25) is 0 Å². The van der Waals surface area contributed by atoms with Crippen molar-refractivity contribution in [2.75, 3.05) is 18.4 Å². The van der Waals surface area contributed by atoms with Crippen LogP contribution in [0.3, 0.4) is 0 Å². The van der Waals surface area contributed by atoms with Gasteiger partial charge in [0.2, 0.25) is 5.91 Å². The molecule has 2 aromatic rings.